The zero-order valence-electron chi connectivity index (χ0n) is 37.3. The molecule has 0 heterocycles. The van der Waals surface area contributed by atoms with Crippen molar-refractivity contribution in [3.8, 4) is 0 Å². The van der Waals surface area contributed by atoms with Gasteiger partial charge in [-0.05, 0) is 143 Å². The van der Waals surface area contributed by atoms with Gasteiger partial charge in [0.05, 0.1) is 0 Å². The molecule has 0 aliphatic rings. The van der Waals surface area contributed by atoms with Crippen molar-refractivity contribution in [3.63, 3.8) is 0 Å². The third-order valence-electron chi connectivity index (χ3n) is 8.75. The average Bonchev–Trinajstić information content (AvgIpc) is 3.25. The van der Waals surface area contributed by atoms with Gasteiger partial charge in [0.25, 0.3) is 0 Å². The number of rotatable bonds is 8. The normalized spacial score (nSPS) is 9.96. The summed E-state index contributed by atoms with van der Waals surface area (Å²) in [6.07, 6.45) is 3.25. The van der Waals surface area contributed by atoms with Crippen molar-refractivity contribution in [3.05, 3.63) is 192 Å². The summed E-state index contributed by atoms with van der Waals surface area (Å²) >= 11 is 0. The number of benzene rings is 6. The highest BCUT2D eigenvalue weighted by molar-refractivity contribution is 5.78. The second-order valence-corrected chi connectivity index (χ2v) is 13.1. The molecule has 2 nitrogen and oxygen atoms in total. The smallest absolute Gasteiger partial charge is 0.0464 e. The fourth-order valence-corrected chi connectivity index (χ4v) is 5.46. The predicted molar refractivity (Wildman–Crippen MR) is 254 cm³/mol. The first-order valence-electron chi connectivity index (χ1n) is 20.8. The van der Waals surface area contributed by atoms with Crippen LogP contribution in [0, 0.1) is 20.8 Å². The molecule has 6 aromatic rings. The minimum Gasteiger partial charge on any atom is -0.310 e. The number of nitrogens with zero attached hydrogens (tertiary/aromatic N) is 2. The molecule has 0 spiro atoms. The van der Waals surface area contributed by atoms with E-state index in [-0.39, 0.29) is 0 Å². The Morgan fingerprint density at radius 2 is 0.768 bits per heavy atom. The Hall–Kier alpha value is -5.34. The van der Waals surface area contributed by atoms with E-state index < -0.39 is 0 Å². The van der Waals surface area contributed by atoms with Crippen LogP contribution in [0.4, 0.5) is 34.1 Å². The predicted octanol–water partition coefficient (Wildman–Crippen LogP) is 17.8. The van der Waals surface area contributed by atoms with Gasteiger partial charge in [0.15, 0.2) is 0 Å². The zero-order valence-corrected chi connectivity index (χ0v) is 37.3. The highest BCUT2D eigenvalue weighted by atomic mass is 15.1. The molecule has 0 aliphatic heterocycles. The van der Waals surface area contributed by atoms with Crippen molar-refractivity contribution in [1.82, 2.24) is 0 Å². The SMILES string of the molecule is CC.CC.CC.CC=C(C)C.CCC(C)c1ccc(N(c2ccccc2)c2cccc(C)c2)cc1.Cc1ccc(N(c2ccccc2)c2cccc(C)c2)cc1. The molecule has 6 rings (SSSR count). The van der Waals surface area contributed by atoms with Gasteiger partial charge in [-0.25, -0.2) is 0 Å². The molecule has 6 aromatic carbocycles. The first-order valence-corrected chi connectivity index (χ1v) is 20.8. The Balaban J connectivity index is 0.000000449. The van der Waals surface area contributed by atoms with E-state index in [1.54, 1.807) is 0 Å². The summed E-state index contributed by atoms with van der Waals surface area (Å²) in [5, 5.41) is 0. The lowest BCUT2D eigenvalue weighted by Crippen LogP contribution is -2.10. The molecule has 0 saturated carbocycles. The number of anilines is 6. The van der Waals surface area contributed by atoms with Gasteiger partial charge in [-0.1, -0.05) is 158 Å². The van der Waals surface area contributed by atoms with Crippen LogP contribution in [0.25, 0.3) is 0 Å². The fourth-order valence-electron chi connectivity index (χ4n) is 5.46. The highest BCUT2D eigenvalue weighted by Gasteiger charge is 2.14. The second-order valence-electron chi connectivity index (χ2n) is 13.1. The zero-order chi connectivity index (χ0) is 41.9. The van der Waals surface area contributed by atoms with E-state index in [0.717, 1.165) is 0 Å². The van der Waals surface area contributed by atoms with Crippen LogP contribution in [0.5, 0.6) is 0 Å². The van der Waals surface area contributed by atoms with E-state index >= 15 is 0 Å². The highest BCUT2D eigenvalue weighted by Crippen LogP contribution is 2.36. The van der Waals surface area contributed by atoms with Gasteiger partial charge in [0.2, 0.25) is 0 Å². The molecule has 0 radical (unpaired) electrons. The van der Waals surface area contributed by atoms with Crippen molar-refractivity contribution in [1.29, 1.82) is 0 Å². The quantitative estimate of drug-likeness (QED) is 0.143. The van der Waals surface area contributed by atoms with Crippen molar-refractivity contribution < 1.29 is 0 Å². The molecule has 0 fully saturated rings. The Labute approximate surface area is 343 Å². The van der Waals surface area contributed by atoms with Gasteiger partial charge in [-0.3, -0.25) is 0 Å². The Kier molecular flexibility index (Phi) is 24.4. The van der Waals surface area contributed by atoms with Crippen LogP contribution in [0.2, 0.25) is 0 Å². The van der Waals surface area contributed by atoms with Crippen molar-refractivity contribution in [2.45, 2.75) is 109 Å². The first kappa shape index (κ1) is 48.7. The van der Waals surface area contributed by atoms with E-state index in [1.165, 1.54) is 68.4 Å². The van der Waals surface area contributed by atoms with Crippen LogP contribution in [0.1, 0.15) is 111 Å². The van der Waals surface area contributed by atoms with Gasteiger partial charge >= 0.3 is 0 Å². The monoisotopic (exact) mass is 749 g/mol. The van der Waals surface area contributed by atoms with E-state index in [1.807, 2.05) is 54.5 Å². The summed E-state index contributed by atoms with van der Waals surface area (Å²) in [7, 11) is 0. The summed E-state index contributed by atoms with van der Waals surface area (Å²) in [5.41, 5.74) is 13.7. The Morgan fingerprint density at radius 3 is 1.09 bits per heavy atom. The van der Waals surface area contributed by atoms with Gasteiger partial charge in [0, 0.05) is 34.1 Å². The average molecular weight is 749 g/mol. The van der Waals surface area contributed by atoms with Gasteiger partial charge in [-0.15, -0.1) is 0 Å². The van der Waals surface area contributed by atoms with Crippen LogP contribution in [-0.4, -0.2) is 0 Å². The number of aryl methyl sites for hydroxylation is 3. The molecule has 0 N–H and O–H groups in total. The van der Waals surface area contributed by atoms with E-state index in [4.69, 9.17) is 0 Å². The largest absolute Gasteiger partial charge is 0.310 e. The van der Waals surface area contributed by atoms with Gasteiger partial charge < -0.3 is 9.80 Å². The molecule has 0 saturated heterocycles. The molecular formula is C54H72N2. The minimum absolute atomic E-state index is 0.600. The molecule has 2 heteroatoms. The van der Waals surface area contributed by atoms with Crippen LogP contribution < -0.4 is 9.80 Å². The Bertz CT molecular complexity index is 1890. The molecule has 56 heavy (non-hydrogen) atoms. The fraction of sp³-hybridized carbons (Fsp3) is 0.296. The standard InChI is InChI=1S/C23H25N.C20H19N.C5H10.3C2H6/c1-4-19(3)20-13-15-22(16-14-20)24(21-10-6-5-7-11-21)23-12-8-9-18(2)17-23;1-16-11-13-19(14-12-16)21(18-8-4-3-5-9-18)20-10-6-7-17(2)15-20;1-4-5(2)3;3*1-2/h5-17,19H,4H2,1-3H3;3-15H,1-2H3;4H,1-3H3;3*1-2H3. The lowest BCUT2D eigenvalue weighted by molar-refractivity contribution is 0.733. The molecule has 0 amide bonds. The topological polar surface area (TPSA) is 6.48 Å². The third kappa shape index (κ3) is 16.2. The van der Waals surface area contributed by atoms with Crippen molar-refractivity contribution in [2.75, 3.05) is 9.80 Å². The van der Waals surface area contributed by atoms with Crippen molar-refractivity contribution in [2.24, 2.45) is 0 Å². The summed E-state index contributed by atoms with van der Waals surface area (Å²) < 4.78 is 0. The van der Waals surface area contributed by atoms with Gasteiger partial charge in [-0.2, -0.15) is 0 Å². The molecular weight excluding hydrogens is 677 g/mol. The second kappa shape index (κ2) is 28.1. The first-order chi connectivity index (χ1) is 27.2. The molecule has 0 bridgehead atoms. The molecule has 0 aliphatic carbocycles. The van der Waals surface area contributed by atoms with Crippen LogP contribution in [-0.2, 0) is 0 Å². The van der Waals surface area contributed by atoms with E-state index in [9.17, 15) is 0 Å². The molecule has 0 aromatic heterocycles. The summed E-state index contributed by atoms with van der Waals surface area (Å²) in [5.74, 6) is 0.600. The maximum absolute atomic E-state index is 2.31. The van der Waals surface area contributed by atoms with Crippen LogP contribution >= 0.6 is 0 Å². The number of hydrogen-bond donors (Lipinski definition) is 0. The van der Waals surface area contributed by atoms with Crippen LogP contribution in [0.15, 0.2) is 169 Å². The summed E-state index contributed by atoms with van der Waals surface area (Å²) in [6, 6.07) is 55.9. The summed E-state index contributed by atoms with van der Waals surface area (Å²) in [6.45, 7) is 29.1. The maximum atomic E-state index is 2.31. The van der Waals surface area contributed by atoms with E-state index in [0.29, 0.717) is 5.92 Å². The third-order valence-corrected chi connectivity index (χ3v) is 8.75. The van der Waals surface area contributed by atoms with Crippen molar-refractivity contribution >= 4 is 34.1 Å². The van der Waals surface area contributed by atoms with Crippen LogP contribution in [0.3, 0.4) is 0 Å². The number of hydrogen-bond acceptors (Lipinski definition) is 2. The van der Waals surface area contributed by atoms with Gasteiger partial charge in [0.1, 0.15) is 0 Å². The van der Waals surface area contributed by atoms with E-state index in [2.05, 4.69) is 216 Å². The molecule has 1 unspecified atom stereocenters. The number of para-hydroxylation sites is 2. The lowest BCUT2D eigenvalue weighted by Gasteiger charge is -2.26. The Morgan fingerprint density at radius 1 is 0.446 bits per heavy atom. The maximum Gasteiger partial charge on any atom is 0.0464 e. The number of allylic oxidation sites excluding steroid dienone is 2. The molecule has 298 valence electrons. The molecule has 1 atom stereocenters. The minimum atomic E-state index is 0.600. The summed E-state index contributed by atoms with van der Waals surface area (Å²) in [4.78, 5) is 4.60. The lowest BCUT2D eigenvalue weighted by atomic mass is 9.98.